The molecule has 0 aliphatic heterocycles. The van der Waals surface area contributed by atoms with Crippen molar-refractivity contribution in [3.05, 3.63) is 53.1 Å². The van der Waals surface area contributed by atoms with Crippen molar-refractivity contribution in [3.8, 4) is 40.2 Å². The van der Waals surface area contributed by atoms with Crippen LogP contribution in [0.5, 0.6) is 40.2 Å². The Morgan fingerprint density at radius 3 is 0.476 bits per heavy atom. The van der Waals surface area contributed by atoms with Gasteiger partial charge in [-0.15, -0.1) is 0 Å². The molecule has 0 heterocycles. The smallest absolute Gasteiger partial charge is 0.203 e. The molecular formula is C117H210N2O7. The predicted octanol–water partition coefficient (Wildman–Crippen LogP) is 40.4. The van der Waals surface area contributed by atoms with Gasteiger partial charge in [0.15, 0.2) is 23.0 Å². The first-order valence-electron chi connectivity index (χ1n) is 56.4. The van der Waals surface area contributed by atoms with Gasteiger partial charge in [-0.25, -0.2) is 0 Å². The van der Waals surface area contributed by atoms with Crippen molar-refractivity contribution in [2.75, 3.05) is 39.6 Å². The van der Waals surface area contributed by atoms with Crippen LogP contribution in [0.15, 0.2) is 46.4 Å². The van der Waals surface area contributed by atoms with Gasteiger partial charge in [-0.05, 0) is 63.1 Å². The zero-order valence-corrected chi connectivity index (χ0v) is 85.0. The van der Waals surface area contributed by atoms with Gasteiger partial charge in [-0.1, -0.05) is 542 Å². The minimum absolute atomic E-state index is 0.126. The third kappa shape index (κ3) is 69.5. The van der Waals surface area contributed by atoms with E-state index in [0.29, 0.717) is 96.6 Å². The molecule has 0 atom stereocenters. The van der Waals surface area contributed by atoms with Crippen LogP contribution in [0.4, 0.5) is 11.4 Å². The molecule has 0 amide bonds. The van der Waals surface area contributed by atoms with Crippen LogP contribution in [0.25, 0.3) is 0 Å². The number of benzene rings is 3. The molecule has 0 fully saturated rings. The fourth-order valence-corrected chi connectivity index (χ4v) is 18.2. The highest BCUT2D eigenvalue weighted by Crippen LogP contribution is 2.45. The quantitative estimate of drug-likeness (QED) is 0.0444. The van der Waals surface area contributed by atoms with E-state index in [4.69, 9.17) is 38.4 Å². The summed E-state index contributed by atoms with van der Waals surface area (Å²) in [7, 11) is 0. The molecule has 730 valence electrons. The normalized spacial score (nSPS) is 11.7. The third-order valence-corrected chi connectivity index (χ3v) is 26.5. The number of ether oxygens (including phenoxy) is 6. The van der Waals surface area contributed by atoms with Gasteiger partial charge in [0.2, 0.25) is 11.5 Å². The Bertz CT molecular complexity index is 2550. The lowest BCUT2D eigenvalue weighted by molar-refractivity contribution is 0.234. The summed E-state index contributed by atoms with van der Waals surface area (Å²) >= 11 is 0. The number of nitrogens with zero attached hydrogens (tertiary/aromatic N) is 2. The zero-order chi connectivity index (χ0) is 89.9. The molecule has 9 nitrogen and oxygen atoms in total. The molecule has 1 N–H and O–H groups in total. The van der Waals surface area contributed by atoms with Gasteiger partial charge in [-0.3, -0.25) is 9.98 Å². The van der Waals surface area contributed by atoms with Crippen LogP contribution in [0.1, 0.15) is 598 Å². The highest BCUT2D eigenvalue weighted by molar-refractivity contribution is 5.94. The Balaban J connectivity index is 1.97. The van der Waals surface area contributed by atoms with Gasteiger partial charge in [-0.2, -0.15) is 0 Å². The first kappa shape index (κ1) is 116. The third-order valence-electron chi connectivity index (χ3n) is 26.5. The van der Waals surface area contributed by atoms with Crippen LogP contribution < -0.4 is 28.4 Å². The number of unbranched alkanes of at least 4 members (excludes halogenated alkanes) is 78. The van der Waals surface area contributed by atoms with E-state index in [1.165, 1.54) is 462 Å². The van der Waals surface area contributed by atoms with Crippen LogP contribution >= 0.6 is 0 Å². The largest absolute Gasteiger partial charge is 0.507 e. The predicted molar refractivity (Wildman–Crippen MR) is 555 cm³/mol. The molecule has 0 aromatic heterocycles. The highest BCUT2D eigenvalue weighted by atomic mass is 16.5. The van der Waals surface area contributed by atoms with E-state index in [9.17, 15) is 5.11 Å². The number of phenols is 1. The second-order valence-corrected chi connectivity index (χ2v) is 39.0. The van der Waals surface area contributed by atoms with Crippen LogP contribution in [-0.2, 0) is 0 Å². The van der Waals surface area contributed by atoms with Gasteiger partial charge >= 0.3 is 0 Å². The summed E-state index contributed by atoms with van der Waals surface area (Å²) in [5, 5.41) is 12.4. The first-order valence-corrected chi connectivity index (χ1v) is 56.4. The lowest BCUT2D eigenvalue weighted by Gasteiger charge is -2.18. The van der Waals surface area contributed by atoms with Gasteiger partial charge in [0.1, 0.15) is 5.75 Å². The fourth-order valence-electron chi connectivity index (χ4n) is 18.2. The molecule has 0 unspecified atom stereocenters. The van der Waals surface area contributed by atoms with Gasteiger partial charge < -0.3 is 33.5 Å². The molecule has 0 spiro atoms. The summed E-state index contributed by atoms with van der Waals surface area (Å²) in [6, 6.07) is 12.2. The molecule has 0 radical (unpaired) electrons. The number of rotatable bonds is 100. The molecule has 126 heavy (non-hydrogen) atoms. The molecular weight excluding hydrogens is 1550 g/mol. The lowest BCUT2D eigenvalue weighted by Crippen LogP contribution is -2.06. The number of aliphatic imine (C=N–C) groups is 2. The summed E-state index contributed by atoms with van der Waals surface area (Å²) in [4.78, 5) is 10.4. The minimum Gasteiger partial charge on any atom is -0.507 e. The standard InChI is InChI=1S/C117H210N2O7/c1-8-14-20-26-32-38-44-50-56-62-68-74-80-86-92-121-111-100-109(101-112(122-93-87-81-75-69-63-57-51-45-39-33-27-21-15-9-2)116(111)125-96-90-84-78-72-66-60-54-48-42-36-30-24-18-12-5)118-104-107-98-106(7)99-108(115(107)120)105-119-110-102-113(123-94-88-82-76-70-64-58-52-46-40-34-28-22-16-10-3)117(126-97-91-85-79-73-67-61-55-49-43-37-31-25-19-13-6)114(103-110)124-95-89-83-77-71-65-59-53-47-41-35-29-23-17-11-4/h98-105,120H,8-97H2,1-7H3. The lowest BCUT2D eigenvalue weighted by atomic mass is 10.0. The Hall–Kier alpha value is -4.40. The van der Waals surface area contributed by atoms with Crippen LogP contribution in [-0.4, -0.2) is 57.2 Å². The molecule has 3 aromatic rings. The first-order chi connectivity index (χ1) is 62.4. The van der Waals surface area contributed by atoms with E-state index < -0.39 is 0 Å². The number of aryl methyl sites for hydroxylation is 1. The van der Waals surface area contributed by atoms with E-state index in [2.05, 4.69) is 48.5 Å². The summed E-state index contributed by atoms with van der Waals surface area (Å²) in [5.41, 5.74) is 3.64. The van der Waals surface area contributed by atoms with Crippen LogP contribution in [0.3, 0.4) is 0 Å². The molecule has 3 aromatic carbocycles. The Labute approximate surface area is 783 Å². The average molecular weight is 1760 g/mol. The molecule has 9 heteroatoms. The summed E-state index contributed by atoms with van der Waals surface area (Å²) in [6.45, 7) is 19.6. The Morgan fingerprint density at radius 2 is 0.325 bits per heavy atom. The molecule has 0 aliphatic rings. The van der Waals surface area contributed by atoms with Crippen molar-refractivity contribution in [1.29, 1.82) is 0 Å². The van der Waals surface area contributed by atoms with Crippen molar-refractivity contribution in [3.63, 3.8) is 0 Å². The van der Waals surface area contributed by atoms with Gasteiger partial charge in [0, 0.05) is 47.8 Å². The maximum atomic E-state index is 12.4. The number of phenolic OH excluding ortho intramolecular Hbond substituents is 1. The van der Waals surface area contributed by atoms with Crippen molar-refractivity contribution < 1.29 is 33.5 Å². The van der Waals surface area contributed by atoms with Gasteiger partial charge in [0.05, 0.1) is 51.0 Å². The van der Waals surface area contributed by atoms with E-state index >= 15 is 0 Å². The monoisotopic (exact) mass is 1760 g/mol. The molecule has 3 rings (SSSR count). The van der Waals surface area contributed by atoms with E-state index in [1.807, 2.05) is 36.4 Å². The molecule has 0 saturated heterocycles. The van der Waals surface area contributed by atoms with Crippen molar-refractivity contribution in [2.24, 2.45) is 9.98 Å². The second-order valence-electron chi connectivity index (χ2n) is 39.0. The Kier molecular flexibility index (Phi) is 83.7. The van der Waals surface area contributed by atoms with Crippen molar-refractivity contribution >= 4 is 23.8 Å². The number of hydrogen-bond donors (Lipinski definition) is 1. The van der Waals surface area contributed by atoms with Crippen molar-refractivity contribution in [2.45, 2.75) is 588 Å². The maximum Gasteiger partial charge on any atom is 0.203 e. The summed E-state index contributed by atoms with van der Waals surface area (Å²) in [6.07, 6.45) is 114. The maximum absolute atomic E-state index is 12.4. The number of aromatic hydroxyl groups is 1. The zero-order valence-electron chi connectivity index (χ0n) is 85.0. The van der Waals surface area contributed by atoms with Crippen LogP contribution in [0.2, 0.25) is 0 Å². The highest BCUT2D eigenvalue weighted by Gasteiger charge is 2.20. The van der Waals surface area contributed by atoms with Crippen molar-refractivity contribution in [1.82, 2.24) is 0 Å². The topological polar surface area (TPSA) is 100 Å². The minimum atomic E-state index is 0.126. The molecule has 0 bridgehead atoms. The molecule has 0 aliphatic carbocycles. The summed E-state index contributed by atoms with van der Waals surface area (Å²) in [5.74, 6) is 4.30. The Morgan fingerprint density at radius 1 is 0.190 bits per heavy atom. The fraction of sp³-hybridized carbons (Fsp3) is 0.829. The SMILES string of the molecule is CCCCCCCCCCCCCCCCOc1cc(N=Cc2cc(C)cc(C=Nc3cc(OCCCCCCCCCCCCCCCC)c(OCCCCCCCCCCCCCCCC)c(OCCCCCCCCCCCCCCCC)c3)c2O)cc(OCCCCCCCCCCCCCCCC)c1OCCCCCCCCCCCCCCCC. The number of hydrogen-bond acceptors (Lipinski definition) is 9. The molecule has 0 saturated carbocycles. The second kappa shape index (κ2) is 91.1. The van der Waals surface area contributed by atoms with E-state index in [1.54, 1.807) is 12.4 Å². The summed E-state index contributed by atoms with van der Waals surface area (Å²) < 4.78 is 41.2. The van der Waals surface area contributed by atoms with E-state index in [-0.39, 0.29) is 5.75 Å². The van der Waals surface area contributed by atoms with Crippen LogP contribution in [0, 0.1) is 6.92 Å². The average Bonchev–Trinajstić information content (AvgIpc) is 0.818. The van der Waals surface area contributed by atoms with E-state index in [0.717, 1.165) is 82.6 Å². The van der Waals surface area contributed by atoms with Gasteiger partial charge in [0.25, 0.3) is 0 Å².